The van der Waals surface area contributed by atoms with Crippen LogP contribution in [0.1, 0.15) is 10.6 Å². The molecule has 0 aliphatic heterocycles. The van der Waals surface area contributed by atoms with Crippen LogP contribution in [0, 0.1) is 0 Å². The Bertz CT molecular complexity index is 368. The lowest BCUT2D eigenvalue weighted by molar-refractivity contribution is -0.119. The maximum absolute atomic E-state index is 11.2. The first-order chi connectivity index (χ1) is 7.13. The third-order valence-electron chi connectivity index (χ3n) is 1.26. The van der Waals surface area contributed by atoms with Gasteiger partial charge < -0.3 is 0 Å². The molecule has 2 N–H and O–H groups in total. The Morgan fingerprint density at radius 2 is 1.87 bits per heavy atom. The van der Waals surface area contributed by atoms with Crippen molar-refractivity contribution >= 4 is 35.0 Å². The molecule has 1 aromatic heterocycles. The van der Waals surface area contributed by atoms with E-state index in [0.29, 0.717) is 5.02 Å². The van der Waals surface area contributed by atoms with Crippen molar-refractivity contribution in [3.05, 3.63) is 23.2 Å². The predicted molar refractivity (Wildman–Crippen MR) is 53.4 cm³/mol. The molecule has 0 aliphatic carbocycles. The van der Waals surface area contributed by atoms with E-state index in [9.17, 15) is 9.59 Å². The van der Waals surface area contributed by atoms with Crippen molar-refractivity contribution < 1.29 is 9.59 Å². The minimum atomic E-state index is -0.648. The third kappa shape index (κ3) is 3.69. The summed E-state index contributed by atoms with van der Waals surface area (Å²) in [6.45, 7) is 0. The first-order valence-corrected chi connectivity index (χ1v) is 4.67. The lowest BCUT2D eigenvalue weighted by Gasteiger charge is -2.03. The number of carbonyl (C=O) groups is 2. The van der Waals surface area contributed by atoms with Crippen LogP contribution in [-0.2, 0) is 4.79 Å². The van der Waals surface area contributed by atoms with E-state index in [1.54, 1.807) is 0 Å². The van der Waals surface area contributed by atoms with Crippen molar-refractivity contribution in [3.8, 4) is 0 Å². The Kier molecular flexibility index (Phi) is 4.26. The number of hydrazine groups is 1. The standard InChI is InChI=1S/C7H6Cl2N4O2/c8-1-5(14)12-13-7(15)6-10-2-4(9)3-11-6/h2-3H,1H2,(H,12,14)(H,13,15). The molecule has 80 valence electrons. The van der Waals surface area contributed by atoms with E-state index in [4.69, 9.17) is 23.2 Å². The summed E-state index contributed by atoms with van der Waals surface area (Å²) in [6.07, 6.45) is 2.54. The summed E-state index contributed by atoms with van der Waals surface area (Å²) in [4.78, 5) is 29.2. The summed E-state index contributed by atoms with van der Waals surface area (Å²) in [6, 6.07) is 0. The number of aromatic nitrogens is 2. The van der Waals surface area contributed by atoms with Gasteiger partial charge in [0.1, 0.15) is 5.88 Å². The number of alkyl halides is 1. The molecule has 1 rings (SSSR count). The largest absolute Gasteiger partial charge is 0.307 e. The van der Waals surface area contributed by atoms with Crippen molar-refractivity contribution in [1.29, 1.82) is 0 Å². The van der Waals surface area contributed by atoms with Crippen LogP contribution in [0.15, 0.2) is 12.4 Å². The highest BCUT2D eigenvalue weighted by molar-refractivity contribution is 6.30. The summed E-state index contributed by atoms with van der Waals surface area (Å²) in [7, 11) is 0. The van der Waals surface area contributed by atoms with Gasteiger partial charge in [0.25, 0.3) is 5.91 Å². The fourth-order valence-electron chi connectivity index (χ4n) is 0.645. The van der Waals surface area contributed by atoms with Crippen molar-refractivity contribution in [1.82, 2.24) is 20.8 Å². The van der Waals surface area contributed by atoms with Crippen molar-refractivity contribution in [2.75, 3.05) is 5.88 Å². The molecule has 0 bridgehead atoms. The molecule has 0 aliphatic rings. The van der Waals surface area contributed by atoms with Crippen LogP contribution in [0.2, 0.25) is 5.02 Å². The van der Waals surface area contributed by atoms with Gasteiger partial charge in [-0.1, -0.05) is 11.6 Å². The molecule has 0 saturated carbocycles. The second-order valence-corrected chi connectivity index (χ2v) is 3.06. The van der Waals surface area contributed by atoms with Crippen molar-refractivity contribution in [2.24, 2.45) is 0 Å². The molecule has 0 radical (unpaired) electrons. The zero-order valence-corrected chi connectivity index (χ0v) is 8.84. The monoisotopic (exact) mass is 248 g/mol. The lowest BCUT2D eigenvalue weighted by atomic mass is 10.5. The maximum Gasteiger partial charge on any atom is 0.307 e. The fraction of sp³-hybridized carbons (Fsp3) is 0.143. The van der Waals surface area contributed by atoms with E-state index < -0.39 is 11.8 Å². The minimum absolute atomic E-state index is 0.103. The SMILES string of the molecule is O=C(CCl)NNC(=O)c1ncc(Cl)cn1. The average molecular weight is 249 g/mol. The molecule has 6 nitrogen and oxygen atoms in total. The Morgan fingerprint density at radius 1 is 1.27 bits per heavy atom. The number of amides is 2. The van der Waals surface area contributed by atoms with E-state index >= 15 is 0 Å². The molecule has 0 aromatic carbocycles. The van der Waals surface area contributed by atoms with Crippen LogP contribution in [0.25, 0.3) is 0 Å². The summed E-state index contributed by atoms with van der Waals surface area (Å²) >= 11 is 10.7. The van der Waals surface area contributed by atoms with Crippen molar-refractivity contribution in [3.63, 3.8) is 0 Å². The Hall–Kier alpha value is -1.40. The summed E-state index contributed by atoms with van der Waals surface area (Å²) in [5.41, 5.74) is 4.14. The van der Waals surface area contributed by atoms with Gasteiger partial charge in [0.05, 0.1) is 5.02 Å². The average Bonchev–Trinajstić information content (AvgIpc) is 2.26. The zero-order chi connectivity index (χ0) is 11.3. The van der Waals surface area contributed by atoms with E-state index in [1.807, 2.05) is 0 Å². The highest BCUT2D eigenvalue weighted by Gasteiger charge is 2.09. The molecular weight excluding hydrogens is 243 g/mol. The van der Waals surface area contributed by atoms with Gasteiger partial charge in [-0.05, 0) is 0 Å². The van der Waals surface area contributed by atoms with Gasteiger partial charge in [0.15, 0.2) is 0 Å². The molecule has 0 saturated heterocycles. The van der Waals surface area contributed by atoms with Crippen LogP contribution in [0.4, 0.5) is 0 Å². The second kappa shape index (κ2) is 5.47. The van der Waals surface area contributed by atoms with Gasteiger partial charge in [-0.2, -0.15) is 0 Å². The first kappa shape index (κ1) is 11.7. The Labute approximate surface area is 95.0 Å². The molecule has 0 unspecified atom stereocenters. The smallest absolute Gasteiger partial charge is 0.272 e. The number of carbonyl (C=O) groups excluding carboxylic acids is 2. The molecule has 8 heteroatoms. The molecule has 0 fully saturated rings. The van der Waals surface area contributed by atoms with Gasteiger partial charge in [-0.25, -0.2) is 9.97 Å². The van der Waals surface area contributed by atoms with Gasteiger partial charge in [0.2, 0.25) is 5.82 Å². The number of halogens is 2. The third-order valence-corrected chi connectivity index (χ3v) is 1.70. The molecule has 15 heavy (non-hydrogen) atoms. The van der Waals surface area contributed by atoms with E-state index in [2.05, 4.69) is 20.8 Å². The van der Waals surface area contributed by atoms with E-state index in [1.165, 1.54) is 12.4 Å². The number of rotatable bonds is 2. The Balaban J connectivity index is 2.54. The normalized spacial score (nSPS) is 9.47. The molecular formula is C7H6Cl2N4O2. The summed E-state index contributed by atoms with van der Waals surface area (Å²) in [5, 5.41) is 0.316. The van der Waals surface area contributed by atoms with Crippen LogP contribution in [0.5, 0.6) is 0 Å². The highest BCUT2D eigenvalue weighted by Crippen LogP contribution is 2.02. The number of nitrogens with one attached hydrogen (secondary N) is 2. The first-order valence-electron chi connectivity index (χ1n) is 3.76. The quantitative estimate of drug-likeness (QED) is 0.576. The number of hydrogen-bond acceptors (Lipinski definition) is 4. The van der Waals surface area contributed by atoms with Crippen molar-refractivity contribution in [2.45, 2.75) is 0 Å². The van der Waals surface area contributed by atoms with E-state index in [-0.39, 0.29) is 11.7 Å². The second-order valence-electron chi connectivity index (χ2n) is 2.36. The highest BCUT2D eigenvalue weighted by atomic mass is 35.5. The van der Waals surface area contributed by atoms with Gasteiger partial charge in [-0.3, -0.25) is 20.4 Å². The number of hydrogen-bond donors (Lipinski definition) is 2. The predicted octanol–water partition coefficient (Wildman–Crippen LogP) is 0.130. The van der Waals surface area contributed by atoms with Gasteiger partial charge in [0, 0.05) is 12.4 Å². The maximum atomic E-state index is 11.2. The molecule has 0 spiro atoms. The molecule has 0 atom stereocenters. The van der Waals surface area contributed by atoms with Crippen LogP contribution in [0.3, 0.4) is 0 Å². The number of nitrogens with zero attached hydrogens (tertiary/aromatic N) is 2. The zero-order valence-electron chi connectivity index (χ0n) is 7.33. The molecule has 1 heterocycles. The summed E-state index contributed by atoms with van der Waals surface area (Å²) < 4.78 is 0. The van der Waals surface area contributed by atoms with Gasteiger partial charge in [-0.15, -0.1) is 11.6 Å². The van der Waals surface area contributed by atoms with Crippen LogP contribution < -0.4 is 10.9 Å². The van der Waals surface area contributed by atoms with Gasteiger partial charge >= 0.3 is 5.91 Å². The summed E-state index contributed by atoms with van der Waals surface area (Å²) in [5.74, 6) is -1.53. The molecule has 1 aromatic rings. The lowest BCUT2D eigenvalue weighted by Crippen LogP contribution is -2.42. The topological polar surface area (TPSA) is 84.0 Å². The van der Waals surface area contributed by atoms with Crippen LogP contribution >= 0.6 is 23.2 Å². The van der Waals surface area contributed by atoms with E-state index in [0.717, 1.165) is 0 Å². The molecule has 2 amide bonds. The fourth-order valence-corrected chi connectivity index (χ4v) is 0.810. The Morgan fingerprint density at radius 3 is 2.40 bits per heavy atom. The van der Waals surface area contributed by atoms with Crippen LogP contribution in [-0.4, -0.2) is 27.7 Å². The minimum Gasteiger partial charge on any atom is -0.272 e.